The average Bonchev–Trinajstić information content (AvgIpc) is 3.50. The smallest absolute Gasteiger partial charge is 0.256 e. The number of hydrogen-bond donors (Lipinski definition) is 1. The molecule has 3 aromatic rings. The molecule has 152 valence electrons. The van der Waals surface area contributed by atoms with Crippen LogP contribution in [0.15, 0.2) is 24.7 Å². The van der Waals surface area contributed by atoms with E-state index in [9.17, 15) is 4.79 Å². The maximum Gasteiger partial charge on any atom is 0.256 e. The van der Waals surface area contributed by atoms with Crippen LogP contribution in [0.4, 0.5) is 0 Å². The minimum absolute atomic E-state index is 0.0825. The summed E-state index contributed by atoms with van der Waals surface area (Å²) in [6, 6.07) is 2.10. The zero-order chi connectivity index (χ0) is 20.1. The van der Waals surface area contributed by atoms with Gasteiger partial charge in [0.1, 0.15) is 5.56 Å². The highest BCUT2D eigenvalue weighted by Gasteiger charge is 2.42. The summed E-state index contributed by atoms with van der Waals surface area (Å²) >= 11 is 0. The lowest BCUT2D eigenvalue weighted by atomic mass is 9.84. The maximum absolute atomic E-state index is 13.0. The van der Waals surface area contributed by atoms with Crippen LogP contribution in [0.2, 0.25) is 0 Å². The van der Waals surface area contributed by atoms with Crippen molar-refractivity contribution in [2.75, 3.05) is 0 Å². The van der Waals surface area contributed by atoms with Gasteiger partial charge in [-0.25, -0.2) is 9.50 Å². The van der Waals surface area contributed by atoms with Gasteiger partial charge in [-0.05, 0) is 63.9 Å². The van der Waals surface area contributed by atoms with Gasteiger partial charge in [-0.3, -0.25) is 9.48 Å². The topological polar surface area (TPSA) is 77.1 Å². The van der Waals surface area contributed by atoms with E-state index in [0.717, 1.165) is 35.3 Å². The number of rotatable bonds is 5. The summed E-state index contributed by atoms with van der Waals surface area (Å²) in [7, 11) is 0. The van der Waals surface area contributed by atoms with E-state index >= 15 is 0 Å². The van der Waals surface area contributed by atoms with Crippen LogP contribution in [0.5, 0.6) is 0 Å². The van der Waals surface area contributed by atoms with E-state index in [0.29, 0.717) is 17.1 Å². The normalized spacial score (nSPS) is 24.3. The van der Waals surface area contributed by atoms with Gasteiger partial charge in [0.2, 0.25) is 0 Å². The van der Waals surface area contributed by atoms with E-state index in [4.69, 9.17) is 0 Å². The molecule has 3 aromatic heterocycles. The molecule has 0 aliphatic heterocycles. The molecule has 0 saturated heterocycles. The minimum atomic E-state index is -0.0825. The van der Waals surface area contributed by atoms with Crippen molar-refractivity contribution in [3.8, 4) is 11.3 Å². The molecular weight excluding hydrogens is 364 g/mol. The molecular formula is C22H28N6O. The van der Waals surface area contributed by atoms with E-state index in [1.165, 1.54) is 25.7 Å². The summed E-state index contributed by atoms with van der Waals surface area (Å²) in [6.07, 6.45) is 10.5. The molecule has 2 aliphatic carbocycles. The van der Waals surface area contributed by atoms with Crippen molar-refractivity contribution < 1.29 is 4.79 Å². The summed E-state index contributed by atoms with van der Waals surface area (Å²) in [5.41, 5.74) is 4.09. The van der Waals surface area contributed by atoms with Gasteiger partial charge in [0, 0.05) is 30.0 Å². The van der Waals surface area contributed by atoms with Crippen LogP contribution in [0.1, 0.15) is 55.6 Å². The molecule has 2 saturated carbocycles. The fourth-order valence-electron chi connectivity index (χ4n) is 5.57. The van der Waals surface area contributed by atoms with Crippen LogP contribution in [0.3, 0.4) is 0 Å². The van der Waals surface area contributed by atoms with E-state index < -0.39 is 0 Å². The van der Waals surface area contributed by atoms with Gasteiger partial charge in [-0.2, -0.15) is 10.2 Å². The monoisotopic (exact) mass is 392 g/mol. The lowest BCUT2D eigenvalue weighted by molar-refractivity contribution is 0.0917. The number of aryl methyl sites for hydroxylation is 1. The Morgan fingerprint density at radius 2 is 2.14 bits per heavy atom. The van der Waals surface area contributed by atoms with Crippen LogP contribution in [-0.4, -0.2) is 36.3 Å². The third kappa shape index (κ3) is 2.94. The number of hydrogen-bond acceptors (Lipinski definition) is 4. The first-order valence-corrected chi connectivity index (χ1v) is 10.7. The standard InChI is InChI=1S/C22H28N6O/c1-4-27-14(3)18(11-24-27)20-7-8-23-21-19(12-25-28(20)21)22(29)26-13(2)17-10-15-5-6-16(17)9-15/h7-8,11-13,15-17H,4-6,9-10H2,1-3H3,(H,26,29)/t13-,15-,16-,17-/m1/s1. The molecule has 29 heavy (non-hydrogen) atoms. The van der Waals surface area contributed by atoms with E-state index in [1.54, 1.807) is 16.9 Å². The lowest BCUT2D eigenvalue weighted by Gasteiger charge is -2.28. The molecule has 3 heterocycles. The largest absolute Gasteiger partial charge is 0.349 e. The van der Waals surface area contributed by atoms with Crippen molar-refractivity contribution in [1.29, 1.82) is 0 Å². The second-order valence-electron chi connectivity index (χ2n) is 8.68. The van der Waals surface area contributed by atoms with Crippen LogP contribution in [-0.2, 0) is 6.54 Å². The highest BCUT2D eigenvalue weighted by Crippen LogP contribution is 2.49. The first-order valence-electron chi connectivity index (χ1n) is 10.7. The number of amides is 1. The quantitative estimate of drug-likeness (QED) is 0.721. The Kier molecular flexibility index (Phi) is 4.41. The molecule has 2 aliphatic rings. The molecule has 4 atom stereocenters. The first kappa shape index (κ1) is 18.3. The Bertz CT molecular complexity index is 1070. The molecule has 1 amide bonds. The van der Waals surface area contributed by atoms with Gasteiger partial charge in [-0.1, -0.05) is 6.42 Å². The number of carbonyl (C=O) groups excluding carboxylic acids is 1. The van der Waals surface area contributed by atoms with Crippen molar-refractivity contribution in [1.82, 2.24) is 29.7 Å². The predicted molar refractivity (Wildman–Crippen MR) is 110 cm³/mol. The second-order valence-corrected chi connectivity index (χ2v) is 8.68. The zero-order valence-corrected chi connectivity index (χ0v) is 17.3. The van der Waals surface area contributed by atoms with Gasteiger partial charge < -0.3 is 5.32 Å². The Hall–Kier alpha value is -2.70. The molecule has 7 heteroatoms. The zero-order valence-electron chi connectivity index (χ0n) is 17.3. The van der Waals surface area contributed by atoms with Gasteiger partial charge in [-0.15, -0.1) is 0 Å². The van der Waals surface area contributed by atoms with Crippen molar-refractivity contribution in [2.24, 2.45) is 17.8 Å². The lowest BCUT2D eigenvalue weighted by Crippen LogP contribution is -2.40. The SMILES string of the molecule is CCn1ncc(-c2ccnc3c(C(=O)N[C@H](C)[C@H]4C[C@@H]5CC[C@@H]4C5)cnn23)c1C. The molecule has 0 spiro atoms. The highest BCUT2D eigenvalue weighted by molar-refractivity contribution is 6.00. The minimum Gasteiger partial charge on any atom is -0.349 e. The van der Waals surface area contributed by atoms with E-state index in [2.05, 4.69) is 34.3 Å². The fraction of sp³-hybridized carbons (Fsp3) is 0.545. The Balaban J connectivity index is 1.42. The summed E-state index contributed by atoms with van der Waals surface area (Å²) in [5.74, 6) is 2.17. The fourth-order valence-corrected chi connectivity index (χ4v) is 5.57. The molecule has 0 aromatic carbocycles. The summed E-state index contributed by atoms with van der Waals surface area (Å²) in [4.78, 5) is 17.5. The Morgan fingerprint density at radius 1 is 1.28 bits per heavy atom. The Labute approximate surface area is 170 Å². The molecule has 1 N–H and O–H groups in total. The van der Waals surface area contributed by atoms with Gasteiger partial charge in [0.15, 0.2) is 5.65 Å². The van der Waals surface area contributed by atoms with Crippen LogP contribution in [0, 0.1) is 24.7 Å². The molecule has 2 bridgehead atoms. The number of carbonyl (C=O) groups is 1. The van der Waals surface area contributed by atoms with Gasteiger partial charge in [0.25, 0.3) is 5.91 Å². The van der Waals surface area contributed by atoms with E-state index in [1.807, 2.05) is 23.9 Å². The van der Waals surface area contributed by atoms with Gasteiger partial charge >= 0.3 is 0 Å². The average molecular weight is 393 g/mol. The van der Waals surface area contributed by atoms with Crippen LogP contribution in [0.25, 0.3) is 16.9 Å². The summed E-state index contributed by atoms with van der Waals surface area (Å²) in [5, 5.41) is 12.2. The van der Waals surface area contributed by atoms with E-state index in [-0.39, 0.29) is 11.9 Å². The molecule has 7 nitrogen and oxygen atoms in total. The summed E-state index contributed by atoms with van der Waals surface area (Å²) < 4.78 is 3.71. The predicted octanol–water partition coefficient (Wildman–Crippen LogP) is 3.48. The highest BCUT2D eigenvalue weighted by atomic mass is 16.1. The van der Waals surface area contributed by atoms with Crippen LogP contribution >= 0.6 is 0 Å². The van der Waals surface area contributed by atoms with Crippen molar-refractivity contribution in [3.05, 3.63) is 35.9 Å². The maximum atomic E-state index is 13.0. The van der Waals surface area contributed by atoms with Gasteiger partial charge in [0.05, 0.1) is 18.1 Å². The third-order valence-electron chi connectivity index (χ3n) is 7.12. The van der Waals surface area contributed by atoms with Crippen molar-refractivity contribution >= 4 is 11.6 Å². The molecule has 0 unspecified atom stereocenters. The Morgan fingerprint density at radius 3 is 2.83 bits per heavy atom. The number of aromatic nitrogens is 5. The molecule has 5 rings (SSSR count). The second kappa shape index (κ2) is 6.97. The summed E-state index contributed by atoms with van der Waals surface area (Å²) in [6.45, 7) is 7.08. The first-order chi connectivity index (χ1) is 14.1. The van der Waals surface area contributed by atoms with Crippen LogP contribution < -0.4 is 5.32 Å². The van der Waals surface area contributed by atoms with Crippen molar-refractivity contribution in [2.45, 2.75) is 59.0 Å². The number of nitrogens with zero attached hydrogens (tertiary/aromatic N) is 5. The van der Waals surface area contributed by atoms with Crippen molar-refractivity contribution in [3.63, 3.8) is 0 Å². The molecule has 2 fully saturated rings. The number of fused-ring (bicyclic) bond motifs is 3. The third-order valence-corrected chi connectivity index (χ3v) is 7.12. The number of nitrogens with one attached hydrogen (secondary N) is 1. The molecule has 0 radical (unpaired) electrons.